The molecule has 0 radical (unpaired) electrons. The van der Waals surface area contributed by atoms with Gasteiger partial charge in [0.15, 0.2) is 5.78 Å². The molecular weight excluding hydrogens is 578 g/mol. The predicted octanol–water partition coefficient (Wildman–Crippen LogP) is 6.32. The highest BCUT2D eigenvalue weighted by atomic mass is 16.5. The minimum Gasteiger partial charge on any atom is -0.491 e. The van der Waals surface area contributed by atoms with Crippen molar-refractivity contribution in [1.82, 2.24) is 24.8 Å². The number of aromatic nitrogens is 4. The van der Waals surface area contributed by atoms with Crippen molar-refractivity contribution >= 4 is 44.9 Å². The van der Waals surface area contributed by atoms with Crippen LogP contribution in [0.2, 0.25) is 0 Å². The van der Waals surface area contributed by atoms with E-state index in [0.717, 1.165) is 87.9 Å². The Balaban J connectivity index is 1.06. The summed E-state index contributed by atoms with van der Waals surface area (Å²) in [6, 6.07) is 16.2. The van der Waals surface area contributed by atoms with E-state index >= 15 is 0 Å². The minimum atomic E-state index is 0.195. The molecule has 2 aromatic heterocycles. The maximum absolute atomic E-state index is 12.3. The van der Waals surface area contributed by atoms with E-state index in [4.69, 9.17) is 9.47 Å². The molecule has 2 bridgehead atoms. The molecule has 10 heteroatoms. The summed E-state index contributed by atoms with van der Waals surface area (Å²) in [4.78, 5) is 28.4. The van der Waals surface area contributed by atoms with Crippen LogP contribution in [0.4, 0.5) is 17.2 Å². The smallest absolute Gasteiger partial charge is 0.155 e. The largest absolute Gasteiger partial charge is 0.491 e. The summed E-state index contributed by atoms with van der Waals surface area (Å²) in [6.45, 7) is 5.23. The highest BCUT2D eigenvalue weighted by Gasteiger charge is 2.34. The molecule has 0 amide bonds. The van der Waals surface area contributed by atoms with Crippen LogP contribution < -0.4 is 25.0 Å². The number of carbonyl (C=O) groups excluding carboxylic acids is 1. The van der Waals surface area contributed by atoms with Gasteiger partial charge in [0.25, 0.3) is 0 Å². The summed E-state index contributed by atoms with van der Waals surface area (Å²) in [6.07, 6.45) is 9.50. The first-order valence-electron chi connectivity index (χ1n) is 15.9. The van der Waals surface area contributed by atoms with Crippen molar-refractivity contribution in [3.8, 4) is 17.2 Å². The van der Waals surface area contributed by atoms with Crippen LogP contribution in [0.5, 0.6) is 17.2 Å². The van der Waals surface area contributed by atoms with E-state index < -0.39 is 0 Å². The molecule has 2 aliphatic rings. The zero-order valence-electron chi connectivity index (χ0n) is 26.5. The number of nitrogens with zero attached hydrogens (tertiary/aromatic N) is 5. The van der Waals surface area contributed by atoms with Crippen molar-refractivity contribution in [2.75, 3.05) is 43.5 Å². The van der Waals surface area contributed by atoms with Crippen LogP contribution in [-0.4, -0.2) is 58.6 Å². The maximum atomic E-state index is 12.3. The first-order chi connectivity index (χ1) is 22.4. The van der Waals surface area contributed by atoms with Gasteiger partial charge in [-0.25, -0.2) is 15.0 Å². The lowest BCUT2D eigenvalue weighted by molar-refractivity contribution is -0.115. The summed E-state index contributed by atoms with van der Waals surface area (Å²) in [5, 5.41) is 7.49. The average Bonchev–Trinajstić information content (AvgIpc) is 3.36. The van der Waals surface area contributed by atoms with Crippen LogP contribution in [0, 0.1) is 18.8 Å². The number of benzene rings is 3. The molecule has 0 saturated carbocycles. The van der Waals surface area contributed by atoms with Gasteiger partial charge in [-0.3, -0.25) is 4.79 Å². The Hall–Kier alpha value is -4.96. The molecule has 46 heavy (non-hydrogen) atoms. The van der Waals surface area contributed by atoms with E-state index in [1.165, 1.54) is 0 Å². The third-order valence-electron chi connectivity index (χ3n) is 9.15. The summed E-state index contributed by atoms with van der Waals surface area (Å²) in [5.74, 6) is 4.15. The fourth-order valence-corrected chi connectivity index (χ4v) is 6.60. The third-order valence-corrected chi connectivity index (χ3v) is 9.15. The van der Waals surface area contributed by atoms with Crippen LogP contribution in [0.15, 0.2) is 73.3 Å². The lowest BCUT2D eigenvalue weighted by Crippen LogP contribution is -2.41. The van der Waals surface area contributed by atoms with Crippen molar-refractivity contribution in [2.24, 2.45) is 18.9 Å². The van der Waals surface area contributed by atoms with Crippen molar-refractivity contribution in [3.63, 3.8) is 0 Å². The Kier molecular flexibility index (Phi) is 8.28. The van der Waals surface area contributed by atoms with Crippen LogP contribution in [0.3, 0.4) is 0 Å². The Morgan fingerprint density at radius 1 is 1.11 bits per heavy atom. The summed E-state index contributed by atoms with van der Waals surface area (Å²) < 4.78 is 14.6. The Morgan fingerprint density at radius 2 is 2.02 bits per heavy atom. The van der Waals surface area contributed by atoms with E-state index in [-0.39, 0.29) is 5.78 Å². The SMILES string of the molecule is CNC/C=C/C(=O)CCC1CCN2C[C@H]1COc1cc3ncnc(Nc4ccc(Oc5ccc6c(c5)ncn6C)c(C)c4)c3cc12. The van der Waals surface area contributed by atoms with Crippen molar-refractivity contribution in [1.29, 1.82) is 0 Å². The third kappa shape index (κ3) is 6.12. The Bertz CT molecular complexity index is 1930. The number of anilines is 3. The number of nitrogens with one attached hydrogen (secondary N) is 2. The number of likely N-dealkylation sites (N-methyl/N-ethyl adjacent to an activating group) is 1. The molecule has 2 aliphatic heterocycles. The molecule has 10 nitrogen and oxygen atoms in total. The van der Waals surface area contributed by atoms with Gasteiger partial charge in [-0.2, -0.15) is 0 Å². The van der Waals surface area contributed by atoms with Gasteiger partial charge in [0.05, 0.1) is 35.2 Å². The van der Waals surface area contributed by atoms with E-state index in [1.807, 2.05) is 68.1 Å². The number of fused-ring (bicyclic) bond motifs is 6. The van der Waals surface area contributed by atoms with Crippen molar-refractivity contribution in [2.45, 2.75) is 26.2 Å². The number of ketones is 1. The molecule has 5 aromatic rings. The Labute approximate surface area is 268 Å². The fourth-order valence-electron chi connectivity index (χ4n) is 6.60. The number of hydrogen-bond donors (Lipinski definition) is 2. The number of imidazole rings is 1. The topological polar surface area (TPSA) is 106 Å². The molecule has 236 valence electrons. The fraction of sp³-hybridized carbons (Fsp3) is 0.333. The van der Waals surface area contributed by atoms with Gasteiger partial charge in [0.2, 0.25) is 0 Å². The Morgan fingerprint density at radius 3 is 2.89 bits per heavy atom. The predicted molar refractivity (Wildman–Crippen MR) is 181 cm³/mol. The molecule has 2 atom stereocenters. The van der Waals surface area contributed by atoms with E-state index in [2.05, 4.69) is 42.6 Å². The van der Waals surface area contributed by atoms with E-state index in [1.54, 1.807) is 18.7 Å². The van der Waals surface area contributed by atoms with Crippen LogP contribution in [-0.2, 0) is 11.8 Å². The highest BCUT2D eigenvalue weighted by Crippen LogP contribution is 2.42. The molecule has 0 spiro atoms. The second-order valence-corrected chi connectivity index (χ2v) is 12.3. The number of ether oxygens (including phenoxy) is 2. The average molecular weight is 618 g/mol. The van der Waals surface area contributed by atoms with Gasteiger partial charge in [0, 0.05) is 62.2 Å². The van der Waals surface area contributed by atoms with Gasteiger partial charge in [0.1, 0.15) is 29.4 Å². The summed E-state index contributed by atoms with van der Waals surface area (Å²) >= 11 is 0. The molecule has 3 aromatic carbocycles. The molecular formula is C36H39N7O3. The number of hydrogen-bond acceptors (Lipinski definition) is 9. The molecule has 4 heterocycles. The molecule has 2 N–H and O–H groups in total. The number of aryl methyl sites for hydroxylation is 2. The first kappa shape index (κ1) is 29.7. The maximum Gasteiger partial charge on any atom is 0.155 e. The molecule has 1 saturated heterocycles. The number of carbonyl (C=O) groups is 1. The standard InChI is InChI=1S/C36H39N7O3/c1-23-15-26(7-11-34(23)46-28-9-10-32-31(16-28)40-22-42(32)3)41-36-29-17-33-35(18-30(29)38-21-39-36)45-20-25-19-43(33)14-12-24(25)6-8-27(44)5-4-13-37-2/h4-5,7,9-11,15-18,21-22,24-25,37H,6,8,12-14,19-20H2,1-3H3,(H,38,39,41)/b5-4+/t24?,25-/m0/s1. The van der Waals surface area contributed by atoms with E-state index in [0.29, 0.717) is 31.4 Å². The molecule has 0 aliphatic carbocycles. The van der Waals surface area contributed by atoms with Crippen LogP contribution >= 0.6 is 0 Å². The number of piperidine rings is 1. The van der Waals surface area contributed by atoms with Gasteiger partial charge in [-0.15, -0.1) is 0 Å². The summed E-state index contributed by atoms with van der Waals surface area (Å²) in [5.41, 5.74) is 5.76. The second kappa shape index (κ2) is 12.8. The number of allylic oxidation sites excluding steroid dienone is 1. The van der Waals surface area contributed by atoms with E-state index in [9.17, 15) is 4.79 Å². The van der Waals surface area contributed by atoms with Crippen molar-refractivity contribution in [3.05, 3.63) is 78.9 Å². The minimum absolute atomic E-state index is 0.195. The lowest BCUT2D eigenvalue weighted by atomic mass is 9.82. The zero-order chi connectivity index (χ0) is 31.6. The van der Waals surface area contributed by atoms with Crippen molar-refractivity contribution < 1.29 is 14.3 Å². The normalized spacial score (nSPS) is 17.6. The van der Waals surface area contributed by atoms with Crippen LogP contribution in [0.25, 0.3) is 21.9 Å². The molecule has 1 fully saturated rings. The lowest BCUT2D eigenvalue weighted by Gasteiger charge is -2.37. The van der Waals surface area contributed by atoms with Gasteiger partial charge in [-0.1, -0.05) is 6.08 Å². The highest BCUT2D eigenvalue weighted by molar-refractivity contribution is 5.95. The number of rotatable bonds is 10. The van der Waals surface area contributed by atoms with Gasteiger partial charge < -0.3 is 29.6 Å². The van der Waals surface area contributed by atoms with Crippen LogP contribution in [0.1, 0.15) is 24.8 Å². The molecule has 7 rings (SSSR count). The quantitative estimate of drug-likeness (QED) is 0.174. The monoisotopic (exact) mass is 617 g/mol. The molecule has 1 unspecified atom stereocenters. The zero-order valence-corrected chi connectivity index (χ0v) is 26.5. The first-order valence-corrected chi connectivity index (χ1v) is 15.9. The summed E-state index contributed by atoms with van der Waals surface area (Å²) in [7, 11) is 3.86. The van der Waals surface area contributed by atoms with Gasteiger partial charge in [-0.05, 0) is 80.8 Å². The second-order valence-electron chi connectivity index (χ2n) is 12.3. The van der Waals surface area contributed by atoms with Gasteiger partial charge >= 0.3 is 0 Å².